The van der Waals surface area contributed by atoms with E-state index in [9.17, 15) is 0 Å². The molecule has 1 aromatic rings. The average molecular weight is 481 g/mol. The zero-order valence-corrected chi connectivity index (χ0v) is 24.2. The van der Waals surface area contributed by atoms with Crippen LogP contribution in [0.3, 0.4) is 0 Å². The van der Waals surface area contributed by atoms with E-state index in [2.05, 4.69) is 25.8 Å². The van der Waals surface area contributed by atoms with E-state index in [4.69, 9.17) is 5.50 Å². The molecule has 0 radical (unpaired) electrons. The molecule has 0 amide bonds. The normalized spacial score (nSPS) is 11.8. The zero-order chi connectivity index (χ0) is 24.5. The van der Waals surface area contributed by atoms with Gasteiger partial charge in [0.2, 0.25) is 0 Å². The van der Waals surface area contributed by atoms with Crippen molar-refractivity contribution in [2.45, 2.75) is 143 Å². The van der Waals surface area contributed by atoms with Crippen molar-refractivity contribution < 1.29 is 0 Å². The monoisotopic (exact) mass is 480 g/mol. The number of aryl methyl sites for hydroxylation is 1. The standard InChI is InChI=1S/C24H54NP.C6H7N/c1-4-7-10-13-16-19-22-26(25,23-20-17-14-11-8-5-2)24-21-18-15-12-9-6-3;1-6-3-2-4-7-5-6/h26H,4-25H2,1-3H3;2-5H,1H3. The first-order valence-corrected chi connectivity index (χ1v) is 17.4. The first-order valence-electron chi connectivity index (χ1n) is 14.7. The van der Waals surface area contributed by atoms with Gasteiger partial charge in [0.05, 0.1) is 0 Å². The number of pyridine rings is 1. The Kier molecular flexibility index (Phi) is 24.3. The van der Waals surface area contributed by atoms with E-state index >= 15 is 0 Å². The van der Waals surface area contributed by atoms with E-state index < -0.39 is 7.41 Å². The van der Waals surface area contributed by atoms with Crippen molar-refractivity contribution in [2.75, 3.05) is 18.5 Å². The van der Waals surface area contributed by atoms with Gasteiger partial charge in [-0.25, -0.2) is 0 Å². The van der Waals surface area contributed by atoms with Crippen LogP contribution in [0.25, 0.3) is 0 Å². The molecule has 0 aliphatic heterocycles. The van der Waals surface area contributed by atoms with Crippen LogP contribution in [-0.4, -0.2) is 23.5 Å². The largest absolute Gasteiger partial charge is 0.264 e. The minimum atomic E-state index is -1.45. The van der Waals surface area contributed by atoms with E-state index in [-0.39, 0.29) is 0 Å². The second-order valence-electron chi connectivity index (χ2n) is 10.4. The summed E-state index contributed by atoms with van der Waals surface area (Å²) in [5.41, 5.74) is 8.27. The molecule has 0 unspecified atom stereocenters. The maximum atomic E-state index is 7.06. The van der Waals surface area contributed by atoms with Crippen LogP contribution < -0.4 is 5.50 Å². The van der Waals surface area contributed by atoms with E-state index in [1.807, 2.05) is 25.3 Å². The molecular weight excluding hydrogens is 419 g/mol. The van der Waals surface area contributed by atoms with Gasteiger partial charge in [-0.1, -0.05) is 6.07 Å². The number of nitrogens with zero attached hydrogens (tertiary/aromatic N) is 1. The van der Waals surface area contributed by atoms with Crippen LogP contribution in [0, 0.1) is 6.92 Å². The van der Waals surface area contributed by atoms with Crippen molar-refractivity contribution >= 4 is 7.41 Å². The van der Waals surface area contributed by atoms with E-state index in [0.717, 1.165) is 0 Å². The Morgan fingerprint density at radius 2 is 0.970 bits per heavy atom. The minimum Gasteiger partial charge on any atom is -0.264 e. The molecule has 2 nitrogen and oxygen atoms in total. The SMILES string of the molecule is CCCCCCCC[PH](N)(CCCCCCCC)CCCCCCCC.Cc1cccnc1. The molecular formula is C30H61N2P. The van der Waals surface area contributed by atoms with Crippen molar-refractivity contribution in [3.63, 3.8) is 0 Å². The predicted octanol–water partition coefficient (Wildman–Crippen LogP) is 10.1. The van der Waals surface area contributed by atoms with Crippen LogP contribution in [0.4, 0.5) is 0 Å². The molecule has 0 fully saturated rings. The van der Waals surface area contributed by atoms with Gasteiger partial charge in [-0.3, -0.25) is 4.98 Å². The van der Waals surface area contributed by atoms with Gasteiger partial charge in [0.15, 0.2) is 0 Å². The molecule has 1 aromatic heterocycles. The van der Waals surface area contributed by atoms with Crippen molar-refractivity contribution in [2.24, 2.45) is 5.50 Å². The minimum absolute atomic E-state index is 1.21. The third-order valence-corrected chi connectivity index (χ3v) is 10.9. The van der Waals surface area contributed by atoms with Gasteiger partial charge < -0.3 is 0 Å². The summed E-state index contributed by atoms with van der Waals surface area (Å²) >= 11 is 0. The number of unbranched alkanes of at least 4 members (excludes halogenated alkanes) is 15. The Labute approximate surface area is 209 Å². The molecule has 0 spiro atoms. The summed E-state index contributed by atoms with van der Waals surface area (Å²) in [6.45, 7) is 8.93. The fraction of sp³-hybridized carbons (Fsp3) is 0.833. The molecule has 33 heavy (non-hydrogen) atoms. The first kappa shape index (κ1) is 32.5. The number of nitrogens with two attached hydrogens (primary N) is 1. The summed E-state index contributed by atoms with van der Waals surface area (Å²) < 4.78 is 0. The maximum Gasteiger partial charge on any atom is 0.0297 e. The van der Waals surface area contributed by atoms with Gasteiger partial charge in [-0.05, 0) is 18.6 Å². The number of hydrogen-bond donors (Lipinski definition) is 1. The van der Waals surface area contributed by atoms with Gasteiger partial charge in [0.1, 0.15) is 0 Å². The topological polar surface area (TPSA) is 38.9 Å². The van der Waals surface area contributed by atoms with Crippen LogP contribution in [0.15, 0.2) is 24.5 Å². The third-order valence-electron chi connectivity index (χ3n) is 6.89. The maximum absolute atomic E-state index is 7.06. The summed E-state index contributed by atoms with van der Waals surface area (Å²) in [5.74, 6) is 0. The molecule has 0 aliphatic carbocycles. The van der Waals surface area contributed by atoms with Gasteiger partial charge in [-0.2, -0.15) is 0 Å². The second-order valence-corrected chi connectivity index (χ2v) is 14.7. The number of hydrogen-bond acceptors (Lipinski definition) is 2. The molecule has 0 aliphatic rings. The Hall–Kier alpha value is -0.460. The van der Waals surface area contributed by atoms with Crippen LogP contribution in [0.5, 0.6) is 0 Å². The number of aromatic nitrogens is 1. The quantitative estimate of drug-likeness (QED) is 0.140. The van der Waals surface area contributed by atoms with Crippen LogP contribution in [-0.2, 0) is 0 Å². The smallest absolute Gasteiger partial charge is 0.0297 e. The Bertz CT molecular complexity index is 451. The van der Waals surface area contributed by atoms with Crippen molar-refractivity contribution in [1.82, 2.24) is 4.98 Å². The Balaban J connectivity index is 0.00000123. The molecule has 0 atom stereocenters. The fourth-order valence-electron chi connectivity index (χ4n) is 4.60. The first-order chi connectivity index (χ1) is 16.1. The number of rotatable bonds is 21. The Morgan fingerprint density at radius 1 is 0.606 bits per heavy atom. The van der Waals surface area contributed by atoms with Crippen LogP contribution >= 0.6 is 7.41 Å². The van der Waals surface area contributed by atoms with Gasteiger partial charge in [0.25, 0.3) is 0 Å². The van der Waals surface area contributed by atoms with Crippen LogP contribution in [0.2, 0.25) is 0 Å². The summed E-state index contributed by atoms with van der Waals surface area (Å²) in [7, 11) is -1.45. The summed E-state index contributed by atoms with van der Waals surface area (Å²) in [6.07, 6.45) is 33.3. The molecule has 0 bridgehead atoms. The average Bonchev–Trinajstić information content (AvgIpc) is 2.82. The van der Waals surface area contributed by atoms with E-state index in [0.29, 0.717) is 0 Å². The fourth-order valence-corrected chi connectivity index (χ4v) is 8.21. The molecule has 1 heterocycles. The Morgan fingerprint density at radius 3 is 1.24 bits per heavy atom. The molecule has 0 saturated heterocycles. The third kappa shape index (κ3) is 23.1. The van der Waals surface area contributed by atoms with Crippen molar-refractivity contribution in [3.05, 3.63) is 30.1 Å². The molecule has 196 valence electrons. The molecule has 1 rings (SSSR count). The van der Waals surface area contributed by atoms with Gasteiger partial charge in [0, 0.05) is 12.4 Å². The van der Waals surface area contributed by atoms with E-state index in [1.165, 1.54) is 140 Å². The molecule has 3 heteroatoms. The molecule has 2 N–H and O–H groups in total. The summed E-state index contributed by atoms with van der Waals surface area (Å²) in [4.78, 5) is 3.88. The van der Waals surface area contributed by atoms with Crippen molar-refractivity contribution in [3.8, 4) is 0 Å². The zero-order valence-electron chi connectivity index (χ0n) is 23.2. The van der Waals surface area contributed by atoms with Crippen LogP contribution in [0.1, 0.15) is 142 Å². The van der Waals surface area contributed by atoms with Crippen molar-refractivity contribution in [1.29, 1.82) is 0 Å². The second kappa shape index (κ2) is 24.7. The molecule has 0 aromatic carbocycles. The molecule has 0 saturated carbocycles. The van der Waals surface area contributed by atoms with Gasteiger partial charge in [-0.15, -0.1) is 0 Å². The van der Waals surface area contributed by atoms with Gasteiger partial charge >= 0.3 is 168 Å². The summed E-state index contributed by atoms with van der Waals surface area (Å²) in [5, 5.41) is 0. The van der Waals surface area contributed by atoms with E-state index in [1.54, 1.807) is 6.20 Å². The predicted molar refractivity (Wildman–Crippen MR) is 156 cm³/mol. The summed E-state index contributed by atoms with van der Waals surface area (Å²) in [6, 6.07) is 3.95.